The van der Waals surface area contributed by atoms with E-state index in [1.165, 1.54) is 35.2 Å². The third-order valence-corrected chi connectivity index (χ3v) is 6.84. The van der Waals surface area contributed by atoms with Crippen molar-refractivity contribution in [1.82, 2.24) is 0 Å². The zero-order valence-electron chi connectivity index (χ0n) is 15.7. The number of amides is 2. The molecule has 3 rings (SSSR count). The summed E-state index contributed by atoms with van der Waals surface area (Å²) >= 11 is 3.33. The highest BCUT2D eigenvalue weighted by Gasteiger charge is 2.32. The molecule has 6 nitrogen and oxygen atoms in total. The lowest BCUT2D eigenvalue weighted by Gasteiger charge is -2.20. The predicted octanol–water partition coefficient (Wildman–Crippen LogP) is 3.69. The van der Waals surface area contributed by atoms with E-state index in [4.69, 9.17) is 0 Å². The van der Waals surface area contributed by atoms with Gasteiger partial charge in [-0.25, -0.2) is 12.8 Å². The molecule has 29 heavy (non-hydrogen) atoms. The zero-order valence-corrected chi connectivity index (χ0v) is 18.1. The third-order valence-electron chi connectivity index (χ3n) is 4.66. The SMILES string of the molecule is CCC(=O)N1CCc2cc(Br)cc(S(=O)(=O)CCC(=O)Nc3ccc(F)cc3)c21. The van der Waals surface area contributed by atoms with E-state index in [1.807, 2.05) is 6.07 Å². The number of nitrogens with one attached hydrogen (secondary N) is 1. The Kier molecular flexibility index (Phi) is 6.38. The number of halogens is 2. The van der Waals surface area contributed by atoms with E-state index in [1.54, 1.807) is 6.92 Å². The molecule has 2 aromatic rings. The van der Waals surface area contributed by atoms with Gasteiger partial charge in [-0.1, -0.05) is 22.9 Å². The first kappa shape index (κ1) is 21.4. The summed E-state index contributed by atoms with van der Waals surface area (Å²) in [7, 11) is -3.82. The van der Waals surface area contributed by atoms with Crippen molar-refractivity contribution in [3.8, 4) is 0 Å². The lowest BCUT2D eigenvalue weighted by molar-refractivity contribution is -0.118. The molecule has 0 saturated heterocycles. The van der Waals surface area contributed by atoms with Crippen molar-refractivity contribution in [2.45, 2.75) is 31.1 Å². The highest BCUT2D eigenvalue weighted by Crippen LogP contribution is 2.38. The van der Waals surface area contributed by atoms with Crippen LogP contribution in [0.15, 0.2) is 45.8 Å². The molecule has 0 spiro atoms. The topological polar surface area (TPSA) is 83.6 Å². The van der Waals surface area contributed by atoms with Crippen LogP contribution in [-0.2, 0) is 25.8 Å². The van der Waals surface area contributed by atoms with Gasteiger partial charge in [0.15, 0.2) is 9.84 Å². The Labute approximate surface area is 177 Å². The van der Waals surface area contributed by atoms with Crippen LogP contribution in [0.5, 0.6) is 0 Å². The number of rotatable bonds is 6. The van der Waals surface area contributed by atoms with E-state index in [-0.39, 0.29) is 23.6 Å². The Morgan fingerprint density at radius 1 is 1.21 bits per heavy atom. The van der Waals surface area contributed by atoms with Crippen LogP contribution in [0.1, 0.15) is 25.3 Å². The molecule has 1 heterocycles. The van der Waals surface area contributed by atoms with Gasteiger partial charge in [0.05, 0.1) is 16.3 Å². The second-order valence-corrected chi connectivity index (χ2v) is 9.68. The van der Waals surface area contributed by atoms with E-state index in [0.29, 0.717) is 28.8 Å². The van der Waals surface area contributed by atoms with Gasteiger partial charge in [0.25, 0.3) is 0 Å². The van der Waals surface area contributed by atoms with Gasteiger partial charge in [-0.3, -0.25) is 9.59 Å². The molecule has 0 bridgehead atoms. The maximum Gasteiger partial charge on any atom is 0.226 e. The van der Waals surface area contributed by atoms with Crippen LogP contribution in [0.25, 0.3) is 0 Å². The number of anilines is 2. The van der Waals surface area contributed by atoms with Crippen molar-refractivity contribution in [2.24, 2.45) is 0 Å². The molecule has 0 saturated carbocycles. The fourth-order valence-electron chi connectivity index (χ4n) is 3.24. The van der Waals surface area contributed by atoms with Gasteiger partial charge < -0.3 is 10.2 Å². The number of hydrogen-bond donors (Lipinski definition) is 1. The van der Waals surface area contributed by atoms with Gasteiger partial charge >= 0.3 is 0 Å². The minimum atomic E-state index is -3.82. The molecule has 1 aliphatic heterocycles. The van der Waals surface area contributed by atoms with E-state index in [0.717, 1.165) is 5.56 Å². The molecule has 0 fully saturated rings. The van der Waals surface area contributed by atoms with Crippen molar-refractivity contribution >= 4 is 49.0 Å². The largest absolute Gasteiger partial charge is 0.326 e. The van der Waals surface area contributed by atoms with Gasteiger partial charge in [0.2, 0.25) is 11.8 Å². The third kappa shape index (κ3) is 4.84. The second-order valence-electron chi connectivity index (χ2n) is 6.68. The summed E-state index contributed by atoms with van der Waals surface area (Å²) in [6, 6.07) is 8.51. The van der Waals surface area contributed by atoms with E-state index >= 15 is 0 Å². The Bertz CT molecular complexity index is 1050. The zero-order chi connectivity index (χ0) is 21.2. The molecule has 0 aromatic heterocycles. The fraction of sp³-hybridized carbons (Fsp3) is 0.300. The maximum absolute atomic E-state index is 13.0. The van der Waals surface area contributed by atoms with Crippen LogP contribution < -0.4 is 10.2 Å². The fourth-order valence-corrected chi connectivity index (χ4v) is 5.41. The molecule has 0 atom stereocenters. The van der Waals surface area contributed by atoms with Gasteiger partial charge in [-0.05, 0) is 48.4 Å². The normalized spacial score (nSPS) is 13.3. The summed E-state index contributed by atoms with van der Waals surface area (Å²) in [5.74, 6) is -1.47. The average molecular weight is 483 g/mol. The molecule has 1 aliphatic rings. The van der Waals surface area contributed by atoms with Crippen molar-refractivity contribution in [2.75, 3.05) is 22.5 Å². The number of sulfone groups is 1. The van der Waals surface area contributed by atoms with Crippen molar-refractivity contribution in [3.05, 3.63) is 52.3 Å². The highest BCUT2D eigenvalue weighted by atomic mass is 79.9. The molecule has 0 radical (unpaired) electrons. The standard InChI is InChI=1S/C20H20BrFN2O4S/c1-2-19(26)24-9-7-13-11-14(21)12-17(20(13)24)29(27,28)10-8-18(25)23-16-5-3-15(22)4-6-16/h3-6,11-12H,2,7-10H2,1H3,(H,23,25). The van der Waals surface area contributed by atoms with E-state index in [2.05, 4.69) is 21.2 Å². The Morgan fingerprint density at radius 3 is 2.55 bits per heavy atom. The predicted molar refractivity (Wildman–Crippen MR) is 112 cm³/mol. The Morgan fingerprint density at radius 2 is 1.90 bits per heavy atom. The summed E-state index contributed by atoms with van der Waals surface area (Å²) in [4.78, 5) is 26.0. The smallest absolute Gasteiger partial charge is 0.226 e. The van der Waals surface area contributed by atoms with Crippen molar-refractivity contribution in [1.29, 1.82) is 0 Å². The second kappa shape index (κ2) is 8.62. The van der Waals surface area contributed by atoms with Gasteiger partial charge in [0.1, 0.15) is 5.82 Å². The number of carbonyl (C=O) groups is 2. The quantitative estimate of drug-likeness (QED) is 0.680. The summed E-state index contributed by atoms with van der Waals surface area (Å²) in [5, 5.41) is 2.55. The number of carbonyl (C=O) groups excluding carboxylic acids is 2. The van der Waals surface area contributed by atoms with Crippen molar-refractivity contribution in [3.63, 3.8) is 0 Å². The summed E-state index contributed by atoms with van der Waals surface area (Å²) < 4.78 is 39.6. The molecular formula is C20H20BrFN2O4S. The highest BCUT2D eigenvalue weighted by molar-refractivity contribution is 9.10. The lowest BCUT2D eigenvalue weighted by atomic mass is 10.2. The molecule has 2 amide bonds. The Hall–Kier alpha value is -2.26. The molecular weight excluding hydrogens is 463 g/mol. The first-order chi connectivity index (χ1) is 13.7. The number of hydrogen-bond acceptors (Lipinski definition) is 4. The minimum absolute atomic E-state index is 0.0516. The lowest BCUT2D eigenvalue weighted by Crippen LogP contribution is -2.29. The van der Waals surface area contributed by atoms with Crippen LogP contribution in [-0.4, -0.2) is 32.5 Å². The minimum Gasteiger partial charge on any atom is -0.326 e. The summed E-state index contributed by atoms with van der Waals surface area (Å²) in [6.07, 6.45) is 0.589. The molecule has 2 aromatic carbocycles. The number of benzene rings is 2. The monoisotopic (exact) mass is 482 g/mol. The van der Waals surface area contributed by atoms with Crippen LogP contribution >= 0.6 is 15.9 Å². The van der Waals surface area contributed by atoms with Crippen LogP contribution in [0.4, 0.5) is 15.8 Å². The number of fused-ring (bicyclic) bond motifs is 1. The van der Waals surface area contributed by atoms with Gasteiger partial charge in [0, 0.05) is 29.5 Å². The van der Waals surface area contributed by atoms with Crippen molar-refractivity contribution < 1.29 is 22.4 Å². The van der Waals surface area contributed by atoms with Crippen LogP contribution in [0.2, 0.25) is 0 Å². The summed E-state index contributed by atoms with van der Waals surface area (Å²) in [5.41, 5.74) is 1.59. The molecule has 154 valence electrons. The first-order valence-corrected chi connectivity index (χ1v) is 11.6. The van der Waals surface area contributed by atoms with E-state index in [9.17, 15) is 22.4 Å². The van der Waals surface area contributed by atoms with Gasteiger partial charge in [-0.15, -0.1) is 0 Å². The molecule has 1 N–H and O–H groups in total. The average Bonchev–Trinajstić information content (AvgIpc) is 3.10. The molecule has 0 aliphatic carbocycles. The van der Waals surface area contributed by atoms with Crippen LogP contribution in [0.3, 0.4) is 0 Å². The van der Waals surface area contributed by atoms with Gasteiger partial charge in [-0.2, -0.15) is 0 Å². The Balaban J connectivity index is 1.80. The molecule has 0 unspecified atom stereocenters. The first-order valence-electron chi connectivity index (χ1n) is 9.12. The molecule has 9 heteroatoms. The van der Waals surface area contributed by atoms with E-state index < -0.39 is 27.3 Å². The maximum atomic E-state index is 13.0. The summed E-state index contributed by atoms with van der Waals surface area (Å²) in [6.45, 7) is 2.17. The van der Waals surface area contributed by atoms with Crippen LogP contribution in [0, 0.1) is 5.82 Å². The number of nitrogens with zero attached hydrogens (tertiary/aromatic N) is 1.